The molecular weight excluding hydrogens is 337 g/mol. The average molecular weight is 357 g/mol. The van der Waals surface area contributed by atoms with Crippen molar-refractivity contribution in [2.45, 2.75) is 32.1 Å². The zero-order chi connectivity index (χ0) is 17.6. The van der Waals surface area contributed by atoms with E-state index in [2.05, 4.69) is 16.4 Å². The van der Waals surface area contributed by atoms with E-state index in [0.717, 1.165) is 12.2 Å². The molecule has 0 saturated heterocycles. The Kier molecular flexibility index (Phi) is 7.65. The first kappa shape index (κ1) is 20.4. The van der Waals surface area contributed by atoms with Gasteiger partial charge in [-0.2, -0.15) is 5.26 Å². The normalized spacial score (nSPS) is 14.1. The molecule has 5 nitrogen and oxygen atoms in total. The quantitative estimate of drug-likeness (QED) is 0.760. The van der Waals surface area contributed by atoms with Crippen LogP contribution in [-0.2, 0) is 0 Å². The number of benzene rings is 1. The second-order valence-corrected chi connectivity index (χ2v) is 6.47. The van der Waals surface area contributed by atoms with E-state index < -0.39 is 5.97 Å². The summed E-state index contributed by atoms with van der Waals surface area (Å²) >= 11 is 0. The predicted molar refractivity (Wildman–Crippen MR) is 93.8 cm³/mol. The molecule has 0 unspecified atom stereocenters. The van der Waals surface area contributed by atoms with Crippen molar-refractivity contribution >= 4 is 11.7 Å². The Labute approximate surface area is 175 Å². The number of carbonyl (C=O) groups excluding carboxylic acids is 1. The molecule has 0 atom stereocenters. The number of rotatable bonds is 5. The number of anilines is 1. The van der Waals surface area contributed by atoms with Gasteiger partial charge in [0.15, 0.2) is 0 Å². The molecule has 1 heterocycles. The standard InChI is InChI=1S/C20H21N3O2.Na/c21-12-17-10-15(19-11-16(20(24)25)8-9-22-19)6-7-18(17)23-13-14-4-2-1-3-5-14;/h6-11,14,23H,1-5,13H2,(H,24,25);/q;+1/p-1. The van der Waals surface area contributed by atoms with Gasteiger partial charge in [0, 0.05) is 23.9 Å². The first-order chi connectivity index (χ1) is 12.2. The largest absolute Gasteiger partial charge is 1.00 e. The summed E-state index contributed by atoms with van der Waals surface area (Å²) in [6.45, 7) is 0.881. The average Bonchev–Trinajstić information content (AvgIpc) is 2.67. The Morgan fingerprint density at radius 1 is 1.23 bits per heavy atom. The summed E-state index contributed by atoms with van der Waals surface area (Å²) in [4.78, 5) is 15.2. The van der Waals surface area contributed by atoms with Crippen LogP contribution in [0.3, 0.4) is 0 Å². The van der Waals surface area contributed by atoms with Gasteiger partial charge >= 0.3 is 29.6 Å². The van der Waals surface area contributed by atoms with E-state index in [-0.39, 0.29) is 35.1 Å². The first-order valence-corrected chi connectivity index (χ1v) is 8.63. The molecule has 2 aromatic rings. The molecule has 3 rings (SSSR count). The third kappa shape index (κ3) is 5.07. The van der Waals surface area contributed by atoms with Gasteiger partial charge in [-0.25, -0.2) is 0 Å². The minimum absolute atomic E-state index is 0. The number of pyridine rings is 1. The number of carbonyl (C=O) groups is 1. The Hall–Kier alpha value is -1.87. The molecule has 1 saturated carbocycles. The van der Waals surface area contributed by atoms with Crippen molar-refractivity contribution in [3.8, 4) is 17.3 Å². The molecule has 0 aliphatic heterocycles. The van der Waals surface area contributed by atoms with Crippen LogP contribution in [0.2, 0.25) is 0 Å². The Bertz CT molecular complexity index is 811. The number of nitrogens with one attached hydrogen (secondary N) is 1. The van der Waals surface area contributed by atoms with Gasteiger partial charge in [0.05, 0.1) is 22.9 Å². The molecule has 0 radical (unpaired) electrons. The molecule has 0 bridgehead atoms. The van der Waals surface area contributed by atoms with Crippen molar-refractivity contribution in [2.75, 3.05) is 11.9 Å². The number of hydrogen-bond acceptors (Lipinski definition) is 5. The van der Waals surface area contributed by atoms with Gasteiger partial charge in [0.2, 0.25) is 0 Å². The third-order valence-corrected chi connectivity index (χ3v) is 4.74. The summed E-state index contributed by atoms with van der Waals surface area (Å²) in [6.07, 6.45) is 7.82. The van der Waals surface area contributed by atoms with Gasteiger partial charge in [-0.15, -0.1) is 0 Å². The van der Waals surface area contributed by atoms with E-state index in [0.29, 0.717) is 22.7 Å². The van der Waals surface area contributed by atoms with Crippen molar-refractivity contribution in [1.29, 1.82) is 5.26 Å². The third-order valence-electron chi connectivity index (χ3n) is 4.74. The molecule has 1 aromatic carbocycles. The topological polar surface area (TPSA) is 88.8 Å². The number of carboxylic acid groups (broad SMARTS) is 1. The molecular formula is C20H20N3NaO2. The summed E-state index contributed by atoms with van der Waals surface area (Å²) in [5.41, 5.74) is 2.64. The van der Waals surface area contributed by atoms with Crippen molar-refractivity contribution in [1.82, 2.24) is 4.98 Å². The number of aromatic nitrogens is 1. The fraction of sp³-hybridized carbons (Fsp3) is 0.350. The SMILES string of the molecule is N#Cc1cc(-c2cc(C(=O)[O-])ccn2)ccc1NCC1CCCCC1.[Na+]. The molecule has 1 fully saturated rings. The number of carboxylic acids is 1. The van der Waals surface area contributed by atoms with Crippen LogP contribution in [0, 0.1) is 17.2 Å². The number of hydrogen-bond donors (Lipinski definition) is 1. The zero-order valence-corrected chi connectivity index (χ0v) is 17.0. The second kappa shape index (κ2) is 9.72. The number of aromatic carboxylic acids is 1. The van der Waals surface area contributed by atoms with E-state index in [4.69, 9.17) is 0 Å². The fourth-order valence-corrected chi connectivity index (χ4v) is 3.31. The molecule has 1 aromatic heterocycles. The van der Waals surface area contributed by atoms with E-state index >= 15 is 0 Å². The van der Waals surface area contributed by atoms with Crippen LogP contribution < -0.4 is 40.0 Å². The van der Waals surface area contributed by atoms with Gasteiger partial charge in [-0.1, -0.05) is 25.3 Å². The van der Waals surface area contributed by atoms with Gasteiger partial charge in [-0.3, -0.25) is 4.98 Å². The van der Waals surface area contributed by atoms with Crippen LogP contribution >= 0.6 is 0 Å². The minimum Gasteiger partial charge on any atom is -0.545 e. The van der Waals surface area contributed by atoms with Gasteiger partial charge < -0.3 is 15.2 Å². The van der Waals surface area contributed by atoms with E-state index in [9.17, 15) is 15.2 Å². The molecule has 0 amide bonds. The smallest absolute Gasteiger partial charge is 0.545 e. The van der Waals surface area contributed by atoms with Gasteiger partial charge in [-0.05, 0) is 43.0 Å². The number of nitrogens with zero attached hydrogens (tertiary/aromatic N) is 2. The summed E-state index contributed by atoms with van der Waals surface area (Å²) in [5, 5.41) is 23.8. The maximum Gasteiger partial charge on any atom is 1.00 e. The second-order valence-electron chi connectivity index (χ2n) is 6.47. The molecule has 128 valence electrons. The summed E-state index contributed by atoms with van der Waals surface area (Å²) in [6, 6.07) is 10.5. The molecule has 0 spiro atoms. The maximum absolute atomic E-state index is 11.0. The van der Waals surface area contributed by atoms with E-state index in [1.54, 1.807) is 6.07 Å². The minimum atomic E-state index is -1.24. The van der Waals surface area contributed by atoms with Crippen LogP contribution in [0.4, 0.5) is 5.69 Å². The summed E-state index contributed by atoms with van der Waals surface area (Å²) in [7, 11) is 0. The predicted octanol–water partition coefficient (Wildman–Crippen LogP) is -0.0200. The van der Waals surface area contributed by atoms with E-state index in [1.807, 2.05) is 12.1 Å². The van der Waals surface area contributed by atoms with Crippen molar-refractivity contribution in [2.24, 2.45) is 5.92 Å². The summed E-state index contributed by atoms with van der Waals surface area (Å²) < 4.78 is 0. The molecule has 26 heavy (non-hydrogen) atoms. The zero-order valence-electron chi connectivity index (χ0n) is 15.0. The van der Waals surface area contributed by atoms with Crippen molar-refractivity contribution < 1.29 is 39.5 Å². The van der Waals surface area contributed by atoms with Gasteiger partial charge in [0.25, 0.3) is 0 Å². The maximum atomic E-state index is 11.0. The monoisotopic (exact) mass is 357 g/mol. The van der Waals surface area contributed by atoms with Crippen LogP contribution in [0.25, 0.3) is 11.3 Å². The number of nitriles is 1. The molecule has 1 aliphatic carbocycles. The molecule has 6 heteroatoms. The Morgan fingerprint density at radius 2 is 2.00 bits per heavy atom. The van der Waals surface area contributed by atoms with Crippen molar-refractivity contribution in [3.05, 3.63) is 47.7 Å². The van der Waals surface area contributed by atoms with Crippen LogP contribution in [0.5, 0.6) is 0 Å². The van der Waals surface area contributed by atoms with Crippen LogP contribution in [0.1, 0.15) is 48.0 Å². The van der Waals surface area contributed by atoms with Gasteiger partial charge in [0.1, 0.15) is 6.07 Å². The first-order valence-electron chi connectivity index (χ1n) is 8.63. The van der Waals surface area contributed by atoms with E-state index in [1.165, 1.54) is 50.4 Å². The summed E-state index contributed by atoms with van der Waals surface area (Å²) in [5.74, 6) is -0.573. The Morgan fingerprint density at radius 3 is 2.69 bits per heavy atom. The van der Waals surface area contributed by atoms with Crippen LogP contribution in [0.15, 0.2) is 36.5 Å². The molecule has 1 aliphatic rings. The van der Waals surface area contributed by atoms with Crippen molar-refractivity contribution in [3.63, 3.8) is 0 Å². The Balaban J connectivity index is 0.00000243. The molecule has 1 N–H and O–H groups in total. The van der Waals surface area contributed by atoms with Crippen LogP contribution in [-0.4, -0.2) is 17.5 Å². The fourth-order valence-electron chi connectivity index (χ4n) is 3.31.